The number of hydrogen-bond acceptors (Lipinski definition) is 6. The lowest BCUT2D eigenvalue weighted by atomic mass is 9.64. The topological polar surface area (TPSA) is 84.6 Å². The summed E-state index contributed by atoms with van der Waals surface area (Å²) in [7, 11) is 3.37. The number of nitrogens with one attached hydrogen (secondary N) is 2. The van der Waals surface area contributed by atoms with Crippen LogP contribution in [0.25, 0.3) is 0 Å². The maximum absolute atomic E-state index is 13.4. The van der Waals surface area contributed by atoms with E-state index in [1.54, 1.807) is 27.0 Å². The van der Waals surface area contributed by atoms with Crippen LogP contribution >= 0.6 is 0 Å². The van der Waals surface area contributed by atoms with Gasteiger partial charge in [-0.25, -0.2) is 9.02 Å². The summed E-state index contributed by atoms with van der Waals surface area (Å²) in [6, 6.07) is 5.12. The second-order valence-electron chi connectivity index (χ2n) is 6.86. The maximum Gasteiger partial charge on any atom is 0.202 e. The van der Waals surface area contributed by atoms with Crippen LogP contribution in [0.2, 0.25) is 0 Å². The fourth-order valence-electron chi connectivity index (χ4n) is 3.43. The minimum absolute atomic E-state index is 0.245. The fraction of sp³-hybridized carbons (Fsp3) is 0.438. The van der Waals surface area contributed by atoms with Gasteiger partial charge < -0.3 is 15.4 Å². The molecule has 1 aliphatic heterocycles. The van der Waals surface area contributed by atoms with Crippen LogP contribution in [0.4, 0.5) is 15.9 Å². The summed E-state index contributed by atoms with van der Waals surface area (Å²) in [6.07, 6.45) is 2.12. The van der Waals surface area contributed by atoms with Crippen LogP contribution in [-0.2, 0) is 4.74 Å². The van der Waals surface area contributed by atoms with E-state index in [0.29, 0.717) is 34.3 Å². The Kier molecular flexibility index (Phi) is 3.95. The molecule has 25 heavy (non-hydrogen) atoms. The van der Waals surface area contributed by atoms with Gasteiger partial charge in [-0.3, -0.25) is 4.99 Å². The molecule has 0 atom stereocenters. The third kappa shape index (κ3) is 2.99. The first-order chi connectivity index (χ1) is 12.1. The van der Waals surface area contributed by atoms with E-state index in [-0.39, 0.29) is 5.82 Å². The highest BCUT2D eigenvalue weighted by atomic mass is 19.1. The number of nitrogens with zero attached hydrogens (tertiary/aromatic N) is 3. The first-order valence-electron chi connectivity index (χ1n) is 8.26. The zero-order chi connectivity index (χ0) is 17.4. The second kappa shape index (κ2) is 6.14. The standard InChI is InChI=1S/C16H19BFN5O2/c1-19-14(20-9-2-3-12(18)11(17)4-9)13-15(23-25-22-13)21-10-5-16(6-10)7-24-8-16/h2-4,10H,5-8,17H2,1H3,(H,19,20)(H,21,23). The quantitative estimate of drug-likeness (QED) is 0.479. The molecule has 0 radical (unpaired) electrons. The summed E-state index contributed by atoms with van der Waals surface area (Å²) in [4.78, 5) is 4.23. The van der Waals surface area contributed by atoms with Gasteiger partial charge in [0.2, 0.25) is 5.82 Å². The lowest BCUT2D eigenvalue weighted by Crippen LogP contribution is -2.56. The molecule has 1 aromatic carbocycles. The van der Waals surface area contributed by atoms with E-state index in [4.69, 9.17) is 9.37 Å². The van der Waals surface area contributed by atoms with Crippen LogP contribution in [0.3, 0.4) is 0 Å². The molecule has 2 aromatic rings. The number of amidine groups is 1. The van der Waals surface area contributed by atoms with Crippen molar-refractivity contribution in [3.8, 4) is 0 Å². The Morgan fingerprint density at radius 1 is 1.36 bits per heavy atom. The largest absolute Gasteiger partial charge is 0.380 e. The summed E-state index contributed by atoms with van der Waals surface area (Å²) >= 11 is 0. The van der Waals surface area contributed by atoms with Crippen molar-refractivity contribution in [1.82, 2.24) is 10.3 Å². The van der Waals surface area contributed by atoms with Gasteiger partial charge in [-0.1, -0.05) is 5.46 Å². The van der Waals surface area contributed by atoms with Crippen molar-refractivity contribution in [2.45, 2.75) is 18.9 Å². The van der Waals surface area contributed by atoms with E-state index in [1.807, 2.05) is 0 Å². The number of rotatable bonds is 4. The summed E-state index contributed by atoms with van der Waals surface area (Å²) in [5, 5.41) is 14.4. The SMILES string of the molecule is Bc1cc(N/C(=N\C)c2nonc2NC2CC3(COC3)C2)ccc1F. The molecule has 7 nitrogen and oxygen atoms in total. The zero-order valence-corrected chi connectivity index (χ0v) is 14.2. The molecule has 2 fully saturated rings. The Balaban J connectivity index is 1.46. The molecule has 130 valence electrons. The van der Waals surface area contributed by atoms with Gasteiger partial charge in [0.15, 0.2) is 11.5 Å². The van der Waals surface area contributed by atoms with E-state index in [1.165, 1.54) is 6.07 Å². The molecular weight excluding hydrogens is 324 g/mol. The van der Waals surface area contributed by atoms with Gasteiger partial charge in [-0.05, 0) is 41.4 Å². The van der Waals surface area contributed by atoms with Crippen LogP contribution < -0.4 is 16.1 Å². The van der Waals surface area contributed by atoms with Crippen molar-refractivity contribution in [2.24, 2.45) is 10.4 Å². The van der Waals surface area contributed by atoms with Crippen molar-refractivity contribution in [1.29, 1.82) is 0 Å². The van der Waals surface area contributed by atoms with Gasteiger partial charge in [-0.15, -0.1) is 0 Å². The molecule has 1 saturated heterocycles. The summed E-state index contributed by atoms with van der Waals surface area (Å²) in [6.45, 7) is 1.70. The van der Waals surface area contributed by atoms with Crippen molar-refractivity contribution in [2.75, 3.05) is 30.9 Å². The molecule has 0 bridgehead atoms. The second-order valence-corrected chi connectivity index (χ2v) is 6.86. The van der Waals surface area contributed by atoms with Gasteiger partial charge in [0.1, 0.15) is 13.7 Å². The lowest BCUT2D eigenvalue weighted by Gasteiger charge is -2.53. The third-order valence-corrected chi connectivity index (χ3v) is 4.87. The Labute approximate surface area is 145 Å². The van der Waals surface area contributed by atoms with Gasteiger partial charge in [0.05, 0.1) is 13.2 Å². The predicted molar refractivity (Wildman–Crippen MR) is 94.9 cm³/mol. The van der Waals surface area contributed by atoms with Crippen molar-refractivity contribution in [3.05, 3.63) is 29.7 Å². The van der Waals surface area contributed by atoms with Crippen molar-refractivity contribution >= 4 is 30.6 Å². The molecule has 2 aliphatic rings. The van der Waals surface area contributed by atoms with Gasteiger partial charge in [-0.2, -0.15) is 0 Å². The number of halogens is 1. The Hall–Kier alpha value is -2.42. The van der Waals surface area contributed by atoms with E-state index < -0.39 is 0 Å². The van der Waals surface area contributed by atoms with Crippen molar-refractivity contribution in [3.63, 3.8) is 0 Å². The minimum Gasteiger partial charge on any atom is -0.380 e. The van der Waals surface area contributed by atoms with Crippen LogP contribution in [0.1, 0.15) is 18.5 Å². The number of anilines is 2. The molecule has 1 aliphatic carbocycles. The fourth-order valence-corrected chi connectivity index (χ4v) is 3.43. The number of benzene rings is 1. The Morgan fingerprint density at radius 3 is 2.80 bits per heavy atom. The maximum atomic E-state index is 13.4. The van der Waals surface area contributed by atoms with Crippen LogP contribution in [0.15, 0.2) is 27.8 Å². The lowest BCUT2D eigenvalue weighted by molar-refractivity contribution is -0.159. The van der Waals surface area contributed by atoms with E-state index in [2.05, 4.69) is 25.9 Å². The molecular formula is C16H19BFN5O2. The molecule has 9 heteroatoms. The van der Waals surface area contributed by atoms with Crippen LogP contribution in [-0.4, -0.2) is 50.3 Å². The monoisotopic (exact) mass is 343 g/mol. The van der Waals surface area contributed by atoms with Gasteiger partial charge >= 0.3 is 0 Å². The van der Waals surface area contributed by atoms with Gasteiger partial charge in [0.25, 0.3) is 0 Å². The smallest absolute Gasteiger partial charge is 0.202 e. The zero-order valence-electron chi connectivity index (χ0n) is 14.2. The summed E-state index contributed by atoms with van der Waals surface area (Å²) in [5.41, 5.74) is 2.15. The molecule has 2 N–H and O–H groups in total. The average molecular weight is 343 g/mol. The molecule has 1 aromatic heterocycles. The van der Waals surface area contributed by atoms with Crippen LogP contribution in [0, 0.1) is 11.2 Å². The number of hydrogen-bond donors (Lipinski definition) is 2. The summed E-state index contributed by atoms with van der Waals surface area (Å²) in [5.74, 6) is 0.827. The first kappa shape index (κ1) is 16.1. The number of ether oxygens (including phenoxy) is 1. The summed E-state index contributed by atoms with van der Waals surface area (Å²) < 4.78 is 23.6. The Bertz CT molecular complexity index is 813. The molecule has 2 heterocycles. The highest BCUT2D eigenvalue weighted by molar-refractivity contribution is 6.33. The number of aliphatic imine (C=N–C) groups is 1. The van der Waals surface area contributed by atoms with E-state index in [0.717, 1.165) is 31.7 Å². The Morgan fingerprint density at radius 2 is 2.16 bits per heavy atom. The normalized spacial score (nSPS) is 19.4. The van der Waals surface area contributed by atoms with Crippen LogP contribution in [0.5, 0.6) is 0 Å². The third-order valence-electron chi connectivity index (χ3n) is 4.87. The van der Waals surface area contributed by atoms with E-state index >= 15 is 0 Å². The first-order valence-corrected chi connectivity index (χ1v) is 8.26. The highest BCUT2D eigenvalue weighted by Crippen LogP contribution is 2.47. The predicted octanol–water partition coefficient (Wildman–Crippen LogP) is 0.546. The van der Waals surface area contributed by atoms with E-state index in [9.17, 15) is 4.39 Å². The molecule has 1 saturated carbocycles. The average Bonchev–Trinajstić information content (AvgIpc) is 2.97. The molecule has 0 amide bonds. The molecule has 4 rings (SSSR count). The highest BCUT2D eigenvalue weighted by Gasteiger charge is 2.50. The number of aromatic nitrogens is 2. The van der Waals surface area contributed by atoms with Gasteiger partial charge in [0, 0.05) is 24.2 Å². The molecule has 1 spiro atoms. The minimum atomic E-state index is -0.245. The molecule has 0 unspecified atom stereocenters. The van der Waals surface area contributed by atoms with Crippen molar-refractivity contribution < 1.29 is 13.8 Å².